The molecule has 3 N–H and O–H groups in total. The Morgan fingerprint density at radius 3 is 2.64 bits per heavy atom. The summed E-state index contributed by atoms with van der Waals surface area (Å²) in [5.74, 6) is -0.0207. The average molecular weight is 340 g/mol. The summed E-state index contributed by atoms with van der Waals surface area (Å²) in [4.78, 5) is 11.4. The zero-order valence-corrected chi connectivity index (χ0v) is 14.9. The maximum atomic E-state index is 11.4. The van der Waals surface area contributed by atoms with Gasteiger partial charge in [0.05, 0.1) is 12.6 Å². The van der Waals surface area contributed by atoms with Gasteiger partial charge in [-0.3, -0.25) is 4.79 Å². The fourth-order valence-corrected chi connectivity index (χ4v) is 2.58. The first-order valence-electron chi connectivity index (χ1n) is 8.88. The van der Waals surface area contributed by atoms with Crippen LogP contribution in [0, 0.1) is 0 Å². The van der Waals surface area contributed by atoms with Crippen molar-refractivity contribution in [3.05, 3.63) is 65.7 Å². The number of benzene rings is 2. The van der Waals surface area contributed by atoms with Crippen LogP contribution in [0.15, 0.2) is 54.6 Å². The number of nitrogens with two attached hydrogens (primary N) is 1. The molecule has 2 rings (SSSR count). The van der Waals surface area contributed by atoms with Crippen LogP contribution >= 0.6 is 0 Å². The molecule has 1 atom stereocenters. The molecule has 0 aliphatic rings. The second kappa shape index (κ2) is 10.6. The first-order chi connectivity index (χ1) is 12.2. The summed E-state index contributed by atoms with van der Waals surface area (Å²) in [5.41, 5.74) is 8.96. The molecule has 0 spiro atoms. The molecular formula is C21H28N2O2. The monoisotopic (exact) mass is 340 g/mol. The zero-order valence-electron chi connectivity index (χ0n) is 14.9. The van der Waals surface area contributed by atoms with Gasteiger partial charge >= 0.3 is 0 Å². The molecule has 2 aromatic rings. The van der Waals surface area contributed by atoms with Crippen LogP contribution in [0.5, 0.6) is 0 Å². The highest BCUT2D eigenvalue weighted by atomic mass is 16.5. The quantitative estimate of drug-likeness (QED) is 0.605. The van der Waals surface area contributed by atoms with Crippen molar-refractivity contribution in [2.24, 2.45) is 5.73 Å². The first-order valence-corrected chi connectivity index (χ1v) is 8.88. The molecule has 0 radical (unpaired) electrons. The lowest BCUT2D eigenvalue weighted by Crippen LogP contribution is -2.18. The number of Topliss-reactive ketones (excluding diaryl/α,β-unsaturated/α-hetero) is 1. The van der Waals surface area contributed by atoms with E-state index in [0.29, 0.717) is 6.61 Å². The molecule has 0 saturated carbocycles. The van der Waals surface area contributed by atoms with E-state index in [2.05, 4.69) is 17.4 Å². The van der Waals surface area contributed by atoms with Crippen LogP contribution in [0.1, 0.15) is 43.4 Å². The van der Waals surface area contributed by atoms with E-state index in [-0.39, 0.29) is 5.78 Å². The zero-order chi connectivity index (χ0) is 17.9. The maximum absolute atomic E-state index is 11.4. The molecule has 0 aromatic heterocycles. The van der Waals surface area contributed by atoms with Crippen LogP contribution in [0.2, 0.25) is 0 Å². The van der Waals surface area contributed by atoms with Crippen LogP contribution in [0.25, 0.3) is 0 Å². The minimum Gasteiger partial charge on any atom is -0.385 e. The summed E-state index contributed by atoms with van der Waals surface area (Å²) in [5, 5.41) is 3.39. The molecule has 0 aliphatic heterocycles. The Bertz CT molecular complexity index is 643. The Balaban J connectivity index is 1.57. The SMILES string of the molecule is CC(=O)C(N)c1cccc(NCCCCCOCc2ccccc2)c1. The van der Waals surface area contributed by atoms with Crippen molar-refractivity contribution >= 4 is 11.5 Å². The largest absolute Gasteiger partial charge is 0.385 e. The molecule has 0 saturated heterocycles. The molecule has 134 valence electrons. The molecule has 2 aromatic carbocycles. The van der Waals surface area contributed by atoms with Crippen LogP contribution in [0.3, 0.4) is 0 Å². The number of ketones is 1. The first kappa shape index (κ1) is 19.2. The van der Waals surface area contributed by atoms with Crippen molar-refractivity contribution in [2.75, 3.05) is 18.5 Å². The number of carbonyl (C=O) groups excluding carboxylic acids is 1. The molecule has 25 heavy (non-hydrogen) atoms. The van der Waals surface area contributed by atoms with E-state index < -0.39 is 6.04 Å². The molecular weight excluding hydrogens is 312 g/mol. The molecule has 0 amide bonds. The summed E-state index contributed by atoms with van der Waals surface area (Å²) in [6.45, 7) is 3.89. The number of hydrogen-bond acceptors (Lipinski definition) is 4. The van der Waals surface area contributed by atoms with Crippen LogP contribution < -0.4 is 11.1 Å². The van der Waals surface area contributed by atoms with Crippen LogP contribution in [0.4, 0.5) is 5.69 Å². The lowest BCUT2D eigenvalue weighted by Gasteiger charge is -2.11. The molecule has 4 nitrogen and oxygen atoms in total. The third-order valence-corrected chi connectivity index (χ3v) is 4.09. The summed E-state index contributed by atoms with van der Waals surface area (Å²) >= 11 is 0. The molecule has 0 aliphatic carbocycles. The molecule has 0 heterocycles. The molecule has 1 unspecified atom stereocenters. The van der Waals surface area contributed by atoms with Gasteiger partial charge in [-0.1, -0.05) is 42.5 Å². The lowest BCUT2D eigenvalue weighted by atomic mass is 10.0. The van der Waals surface area contributed by atoms with E-state index in [1.807, 2.05) is 42.5 Å². The molecule has 0 bridgehead atoms. The normalized spacial score (nSPS) is 11.9. The third kappa shape index (κ3) is 7.08. The predicted octanol–water partition coefficient (Wildman–Crippen LogP) is 4.07. The topological polar surface area (TPSA) is 64.4 Å². The Labute approximate surface area is 150 Å². The smallest absolute Gasteiger partial charge is 0.150 e. The van der Waals surface area contributed by atoms with E-state index in [4.69, 9.17) is 10.5 Å². The molecule has 4 heteroatoms. The van der Waals surface area contributed by atoms with E-state index in [1.165, 1.54) is 12.5 Å². The second-order valence-corrected chi connectivity index (χ2v) is 6.24. The summed E-state index contributed by atoms with van der Waals surface area (Å²) in [6, 6.07) is 17.5. The van der Waals surface area contributed by atoms with Crippen molar-refractivity contribution in [1.29, 1.82) is 0 Å². The average Bonchev–Trinajstić information content (AvgIpc) is 2.64. The highest BCUT2D eigenvalue weighted by molar-refractivity contribution is 5.82. The lowest BCUT2D eigenvalue weighted by molar-refractivity contribution is -0.118. The van der Waals surface area contributed by atoms with Crippen molar-refractivity contribution in [2.45, 2.75) is 38.8 Å². The van der Waals surface area contributed by atoms with Gasteiger partial charge < -0.3 is 15.8 Å². The van der Waals surface area contributed by atoms with E-state index in [9.17, 15) is 4.79 Å². The maximum Gasteiger partial charge on any atom is 0.150 e. The number of hydrogen-bond donors (Lipinski definition) is 2. The molecule has 0 fully saturated rings. The minimum atomic E-state index is -0.538. The van der Waals surface area contributed by atoms with Crippen molar-refractivity contribution in [3.63, 3.8) is 0 Å². The van der Waals surface area contributed by atoms with Crippen molar-refractivity contribution in [3.8, 4) is 0 Å². The van der Waals surface area contributed by atoms with Gasteiger partial charge in [-0.25, -0.2) is 0 Å². The van der Waals surface area contributed by atoms with Crippen LogP contribution in [-0.2, 0) is 16.1 Å². The highest BCUT2D eigenvalue weighted by Crippen LogP contribution is 2.17. The second-order valence-electron chi connectivity index (χ2n) is 6.24. The van der Waals surface area contributed by atoms with Gasteiger partial charge in [-0.15, -0.1) is 0 Å². The van der Waals surface area contributed by atoms with Gasteiger partial charge in [-0.2, -0.15) is 0 Å². The van der Waals surface area contributed by atoms with Gasteiger partial charge in [0.15, 0.2) is 5.78 Å². The van der Waals surface area contributed by atoms with E-state index in [1.54, 1.807) is 0 Å². The van der Waals surface area contributed by atoms with Crippen LogP contribution in [-0.4, -0.2) is 18.9 Å². The van der Waals surface area contributed by atoms with Gasteiger partial charge in [0, 0.05) is 18.8 Å². The standard InChI is InChI=1S/C21H28N2O2/c1-17(24)21(22)19-11-8-12-20(15-19)23-13-6-3-7-14-25-16-18-9-4-2-5-10-18/h2,4-5,8-12,15,21,23H,3,6-7,13-14,16,22H2,1H3. The van der Waals surface area contributed by atoms with E-state index >= 15 is 0 Å². The fourth-order valence-electron chi connectivity index (χ4n) is 2.58. The van der Waals surface area contributed by atoms with Gasteiger partial charge in [0.25, 0.3) is 0 Å². The number of anilines is 1. The summed E-state index contributed by atoms with van der Waals surface area (Å²) in [6.07, 6.45) is 3.26. The Morgan fingerprint density at radius 1 is 1.08 bits per heavy atom. The highest BCUT2D eigenvalue weighted by Gasteiger charge is 2.10. The van der Waals surface area contributed by atoms with Crippen molar-refractivity contribution < 1.29 is 9.53 Å². The van der Waals surface area contributed by atoms with Gasteiger partial charge in [0.1, 0.15) is 0 Å². The van der Waals surface area contributed by atoms with Gasteiger partial charge in [-0.05, 0) is 49.4 Å². The van der Waals surface area contributed by atoms with Crippen molar-refractivity contribution in [1.82, 2.24) is 0 Å². The van der Waals surface area contributed by atoms with Gasteiger partial charge in [0.2, 0.25) is 0 Å². The number of nitrogens with one attached hydrogen (secondary N) is 1. The number of unbranched alkanes of at least 4 members (excludes halogenated alkanes) is 2. The Morgan fingerprint density at radius 2 is 1.88 bits per heavy atom. The van der Waals surface area contributed by atoms with E-state index in [0.717, 1.165) is 43.7 Å². The fraction of sp³-hybridized carbons (Fsp3) is 0.381. The Hall–Kier alpha value is -2.17. The number of carbonyl (C=O) groups is 1. The predicted molar refractivity (Wildman–Crippen MR) is 102 cm³/mol. The summed E-state index contributed by atoms with van der Waals surface area (Å²) in [7, 11) is 0. The third-order valence-electron chi connectivity index (χ3n) is 4.09. The minimum absolute atomic E-state index is 0.0207. The number of ether oxygens (including phenoxy) is 1. The Kier molecular flexibility index (Phi) is 8.16. The number of rotatable bonds is 11. The summed E-state index contributed by atoms with van der Waals surface area (Å²) < 4.78 is 5.68.